The minimum atomic E-state index is -0.352. The third-order valence-electron chi connectivity index (χ3n) is 4.02. The molecule has 0 N–H and O–H groups in total. The Morgan fingerprint density at radius 2 is 1.48 bits per heavy atom. The van der Waals surface area contributed by atoms with Crippen LogP contribution in [0.15, 0.2) is 94.1 Å². The summed E-state index contributed by atoms with van der Waals surface area (Å²) in [6, 6.07) is 26.7. The molecule has 0 atom stereocenters. The summed E-state index contributed by atoms with van der Waals surface area (Å²) in [5, 5.41) is 0.920. The van der Waals surface area contributed by atoms with E-state index >= 15 is 0 Å². The molecule has 0 radical (unpaired) electrons. The van der Waals surface area contributed by atoms with E-state index in [1.165, 1.54) is 0 Å². The quantitative estimate of drug-likeness (QED) is 0.485. The predicted molar refractivity (Wildman–Crippen MR) is 98.2 cm³/mol. The molecule has 0 unspecified atom stereocenters. The molecule has 4 aromatic rings. The van der Waals surface area contributed by atoms with Crippen LogP contribution >= 0.6 is 0 Å². The van der Waals surface area contributed by atoms with Crippen molar-refractivity contribution in [2.24, 2.45) is 0 Å². The van der Waals surface area contributed by atoms with Gasteiger partial charge in [0.05, 0.1) is 0 Å². The van der Waals surface area contributed by atoms with E-state index in [-0.39, 0.29) is 5.63 Å². The smallest absolute Gasteiger partial charge is 0.336 e. The normalized spacial score (nSPS) is 10.7. The van der Waals surface area contributed by atoms with E-state index in [1.54, 1.807) is 12.1 Å². The molecule has 0 bridgehead atoms. The highest BCUT2D eigenvalue weighted by molar-refractivity contribution is 5.82. The van der Waals surface area contributed by atoms with Gasteiger partial charge in [-0.25, -0.2) is 4.79 Å². The Morgan fingerprint density at radius 1 is 0.760 bits per heavy atom. The third kappa shape index (κ3) is 3.45. The van der Waals surface area contributed by atoms with Crippen LogP contribution in [-0.2, 0) is 6.42 Å². The highest BCUT2D eigenvalue weighted by Crippen LogP contribution is 2.27. The Kier molecular flexibility index (Phi) is 4.05. The zero-order valence-corrected chi connectivity index (χ0v) is 13.5. The van der Waals surface area contributed by atoms with Crippen molar-refractivity contribution in [1.29, 1.82) is 0 Å². The maximum Gasteiger partial charge on any atom is 0.336 e. The number of benzene rings is 3. The summed E-state index contributed by atoms with van der Waals surface area (Å²) in [5.74, 6) is 1.38. The lowest BCUT2D eigenvalue weighted by molar-refractivity contribution is 0.480. The second kappa shape index (κ2) is 6.65. The largest absolute Gasteiger partial charge is 0.457 e. The minimum Gasteiger partial charge on any atom is -0.457 e. The van der Waals surface area contributed by atoms with Crippen molar-refractivity contribution in [3.8, 4) is 11.5 Å². The monoisotopic (exact) mass is 328 g/mol. The van der Waals surface area contributed by atoms with Crippen molar-refractivity contribution in [1.82, 2.24) is 0 Å². The van der Waals surface area contributed by atoms with E-state index in [4.69, 9.17) is 9.15 Å². The Balaban J connectivity index is 1.72. The lowest BCUT2D eigenvalue weighted by atomic mass is 10.0. The van der Waals surface area contributed by atoms with Gasteiger partial charge in [-0.1, -0.05) is 48.5 Å². The molecular formula is C22H16O3. The standard InChI is InChI=1S/C22H16O3/c23-22-14-17(13-16-7-3-1-4-8-16)20-12-11-19(15-21(20)25-22)24-18-9-5-2-6-10-18/h1-12,14-15H,13H2. The molecule has 122 valence electrons. The lowest BCUT2D eigenvalue weighted by Crippen LogP contribution is -2.01. The van der Waals surface area contributed by atoms with Crippen LogP contribution in [0.25, 0.3) is 11.0 Å². The van der Waals surface area contributed by atoms with Crippen molar-refractivity contribution in [3.05, 3.63) is 106 Å². The summed E-state index contributed by atoms with van der Waals surface area (Å²) in [5.41, 5.74) is 2.28. The molecule has 4 rings (SSSR count). The van der Waals surface area contributed by atoms with Crippen molar-refractivity contribution in [3.63, 3.8) is 0 Å². The second-order valence-corrected chi connectivity index (χ2v) is 5.83. The highest BCUT2D eigenvalue weighted by atomic mass is 16.5. The van der Waals surface area contributed by atoms with Gasteiger partial charge in [0, 0.05) is 17.5 Å². The number of fused-ring (bicyclic) bond motifs is 1. The van der Waals surface area contributed by atoms with Crippen LogP contribution in [0.5, 0.6) is 11.5 Å². The Morgan fingerprint density at radius 3 is 2.24 bits per heavy atom. The van der Waals surface area contributed by atoms with E-state index in [2.05, 4.69) is 0 Å². The second-order valence-electron chi connectivity index (χ2n) is 5.83. The van der Waals surface area contributed by atoms with Crippen molar-refractivity contribution in [2.75, 3.05) is 0 Å². The molecule has 0 saturated carbocycles. The molecule has 1 aromatic heterocycles. The molecule has 3 nitrogen and oxygen atoms in total. The molecule has 3 aromatic carbocycles. The molecular weight excluding hydrogens is 312 g/mol. The molecule has 1 heterocycles. The molecule has 0 saturated heterocycles. The summed E-state index contributed by atoms with van der Waals surface area (Å²) < 4.78 is 11.2. The average molecular weight is 328 g/mol. The summed E-state index contributed by atoms with van der Waals surface area (Å²) in [7, 11) is 0. The van der Waals surface area contributed by atoms with Crippen LogP contribution in [0.4, 0.5) is 0 Å². The van der Waals surface area contributed by atoms with Gasteiger partial charge in [-0.3, -0.25) is 0 Å². The van der Waals surface area contributed by atoms with Crippen molar-refractivity contribution in [2.45, 2.75) is 6.42 Å². The molecule has 0 aliphatic carbocycles. The molecule has 0 spiro atoms. The van der Waals surface area contributed by atoms with Gasteiger partial charge in [-0.15, -0.1) is 0 Å². The van der Waals surface area contributed by atoms with Gasteiger partial charge in [0.25, 0.3) is 0 Å². The molecule has 0 aliphatic rings. The van der Waals surface area contributed by atoms with E-state index < -0.39 is 0 Å². The first kappa shape index (κ1) is 15.2. The molecule has 0 aliphatic heterocycles. The van der Waals surface area contributed by atoms with Gasteiger partial charge in [0.1, 0.15) is 17.1 Å². The molecule has 0 fully saturated rings. The van der Waals surface area contributed by atoms with E-state index in [1.807, 2.05) is 72.8 Å². The van der Waals surface area contributed by atoms with Gasteiger partial charge in [0.15, 0.2) is 0 Å². The first-order valence-corrected chi connectivity index (χ1v) is 8.11. The fourth-order valence-corrected chi connectivity index (χ4v) is 2.86. The number of hydrogen-bond acceptors (Lipinski definition) is 3. The molecule has 3 heteroatoms. The van der Waals surface area contributed by atoms with Crippen LogP contribution in [0, 0.1) is 0 Å². The fraction of sp³-hybridized carbons (Fsp3) is 0.0455. The topological polar surface area (TPSA) is 39.4 Å². The van der Waals surface area contributed by atoms with E-state index in [0.717, 1.165) is 22.3 Å². The Bertz CT molecular complexity index is 1050. The summed E-state index contributed by atoms with van der Waals surface area (Å²) in [6.45, 7) is 0. The highest BCUT2D eigenvalue weighted by Gasteiger charge is 2.08. The predicted octanol–water partition coefficient (Wildman–Crippen LogP) is 5.18. The van der Waals surface area contributed by atoms with Crippen LogP contribution in [0.3, 0.4) is 0 Å². The molecule has 0 amide bonds. The van der Waals surface area contributed by atoms with E-state index in [9.17, 15) is 4.79 Å². The summed E-state index contributed by atoms with van der Waals surface area (Å²) in [6.07, 6.45) is 0.682. The maximum atomic E-state index is 12.0. The first-order chi connectivity index (χ1) is 12.3. The van der Waals surface area contributed by atoms with Gasteiger partial charge < -0.3 is 9.15 Å². The van der Waals surface area contributed by atoms with Gasteiger partial charge in [0.2, 0.25) is 0 Å². The Hall–Kier alpha value is -3.33. The van der Waals surface area contributed by atoms with Crippen LogP contribution in [0.1, 0.15) is 11.1 Å². The summed E-state index contributed by atoms with van der Waals surface area (Å²) in [4.78, 5) is 12.0. The zero-order valence-electron chi connectivity index (χ0n) is 13.5. The van der Waals surface area contributed by atoms with Gasteiger partial charge in [-0.05, 0) is 41.8 Å². The van der Waals surface area contributed by atoms with Crippen LogP contribution < -0.4 is 10.4 Å². The van der Waals surface area contributed by atoms with Gasteiger partial charge in [-0.2, -0.15) is 0 Å². The average Bonchev–Trinajstić information content (AvgIpc) is 2.63. The minimum absolute atomic E-state index is 0.352. The molecule has 25 heavy (non-hydrogen) atoms. The number of ether oxygens (including phenoxy) is 1. The number of rotatable bonds is 4. The zero-order chi connectivity index (χ0) is 17.1. The lowest BCUT2D eigenvalue weighted by Gasteiger charge is -2.09. The van der Waals surface area contributed by atoms with Crippen LogP contribution in [0.2, 0.25) is 0 Å². The number of hydrogen-bond donors (Lipinski definition) is 0. The Labute approximate surface area is 145 Å². The summed E-state index contributed by atoms with van der Waals surface area (Å²) >= 11 is 0. The third-order valence-corrected chi connectivity index (χ3v) is 4.02. The first-order valence-electron chi connectivity index (χ1n) is 8.11. The SMILES string of the molecule is O=c1cc(Cc2ccccc2)c2ccc(Oc3ccccc3)cc2o1. The van der Waals surface area contributed by atoms with Crippen molar-refractivity contribution >= 4 is 11.0 Å². The van der Waals surface area contributed by atoms with Crippen molar-refractivity contribution < 1.29 is 9.15 Å². The fourth-order valence-electron chi connectivity index (χ4n) is 2.86. The number of para-hydroxylation sites is 1. The maximum absolute atomic E-state index is 12.0. The van der Waals surface area contributed by atoms with Gasteiger partial charge >= 0.3 is 5.63 Å². The van der Waals surface area contributed by atoms with E-state index in [0.29, 0.717) is 17.8 Å². The van der Waals surface area contributed by atoms with Crippen LogP contribution in [-0.4, -0.2) is 0 Å².